The predicted octanol–water partition coefficient (Wildman–Crippen LogP) is 5.51. The number of carboxylic acids is 2. The number of thiazole rings is 1. The van der Waals surface area contributed by atoms with Gasteiger partial charge < -0.3 is 19.9 Å². The lowest BCUT2D eigenvalue weighted by molar-refractivity contribution is -0.192. The molecule has 1 fully saturated rings. The van der Waals surface area contributed by atoms with Crippen LogP contribution in [0.5, 0.6) is 0 Å². The number of thiophene rings is 1. The van der Waals surface area contributed by atoms with E-state index in [1.54, 1.807) is 28.8 Å². The van der Waals surface area contributed by atoms with Gasteiger partial charge in [0, 0.05) is 36.2 Å². The zero-order valence-electron chi connectivity index (χ0n) is 24.0. The number of nitrogens with zero attached hydrogens (tertiary/aromatic N) is 3. The highest BCUT2D eigenvalue weighted by atomic mass is 32.2. The summed E-state index contributed by atoms with van der Waals surface area (Å²) < 4.78 is 66.1. The van der Waals surface area contributed by atoms with Crippen molar-refractivity contribution >= 4 is 61.2 Å². The van der Waals surface area contributed by atoms with Crippen LogP contribution in [-0.2, 0) is 30.9 Å². The molecule has 3 N–H and O–H groups in total. The number of rotatable bonds is 11. The van der Waals surface area contributed by atoms with Crippen molar-refractivity contribution in [1.82, 2.24) is 14.9 Å². The molecule has 11 nitrogen and oxygen atoms in total. The number of halogens is 3. The molecule has 4 aromatic rings. The van der Waals surface area contributed by atoms with Crippen molar-refractivity contribution in [1.29, 1.82) is 0 Å². The average Bonchev–Trinajstić information content (AvgIpc) is 3.76. The number of hydrogen-bond donors (Lipinski definition) is 3. The maximum absolute atomic E-state index is 13.6. The van der Waals surface area contributed by atoms with Crippen molar-refractivity contribution in [3.63, 3.8) is 0 Å². The van der Waals surface area contributed by atoms with E-state index < -0.39 is 28.1 Å². The highest BCUT2D eigenvalue weighted by molar-refractivity contribution is 7.94. The maximum Gasteiger partial charge on any atom is 0.490 e. The molecule has 0 aliphatic carbocycles. The Hall–Kier alpha value is -3.51. The minimum absolute atomic E-state index is 0.191. The average molecular weight is 689 g/mol. The first kappa shape index (κ1) is 34.4. The molecule has 5 rings (SSSR count). The number of ether oxygens (including phenoxy) is 1. The Morgan fingerprint density at radius 3 is 2.62 bits per heavy atom. The summed E-state index contributed by atoms with van der Waals surface area (Å²) in [5.74, 6) is -3.81. The predicted molar refractivity (Wildman–Crippen MR) is 164 cm³/mol. The molecule has 0 saturated carbocycles. The van der Waals surface area contributed by atoms with E-state index in [1.165, 1.54) is 15.6 Å². The fourth-order valence-electron chi connectivity index (χ4n) is 4.77. The molecule has 1 aromatic carbocycles. The second kappa shape index (κ2) is 14.7. The van der Waals surface area contributed by atoms with E-state index in [-0.39, 0.29) is 23.3 Å². The number of aromatic amines is 1. The van der Waals surface area contributed by atoms with Crippen LogP contribution in [0, 0.1) is 5.92 Å². The van der Waals surface area contributed by atoms with Crippen molar-refractivity contribution in [2.24, 2.45) is 5.92 Å². The lowest BCUT2D eigenvalue weighted by Crippen LogP contribution is -2.37. The summed E-state index contributed by atoms with van der Waals surface area (Å²) in [5.41, 5.74) is 2.09. The third-order valence-corrected chi connectivity index (χ3v) is 11.0. The Morgan fingerprint density at radius 1 is 1.22 bits per heavy atom. The van der Waals surface area contributed by atoms with Crippen LogP contribution in [0.3, 0.4) is 0 Å². The molecule has 4 heterocycles. The standard InChI is InChI=1S/C26H30N4O5S3.C2HF3O2/c1-2-35-12-11-30(38(33,34)23-9-5-13-36-23)22-8-3-6-18-14-21(28-24(18)22)25-27-15-20(37-25)17-29-10-4-7-19(16-29)26(31)32;3-2(4,5)1(6)7/h3,5-6,8-9,13-15,19,28H,2,4,7,10-12,16-17H2,1H3,(H,31,32);(H,6,7). The van der Waals surface area contributed by atoms with Crippen molar-refractivity contribution in [3.8, 4) is 10.7 Å². The van der Waals surface area contributed by atoms with Crippen LogP contribution < -0.4 is 4.31 Å². The zero-order chi connectivity index (χ0) is 32.8. The molecular weight excluding hydrogens is 658 g/mol. The normalized spacial score (nSPS) is 15.9. The number of likely N-dealkylation sites (tertiary alicyclic amines) is 1. The number of H-pyrrole nitrogens is 1. The van der Waals surface area contributed by atoms with Crippen molar-refractivity contribution < 1.29 is 46.1 Å². The first-order valence-corrected chi connectivity index (χ1v) is 16.9. The van der Waals surface area contributed by atoms with Crippen LogP contribution in [0.2, 0.25) is 0 Å². The van der Waals surface area contributed by atoms with E-state index in [1.807, 2.05) is 37.4 Å². The summed E-state index contributed by atoms with van der Waals surface area (Å²) in [5, 5.41) is 20.0. The molecule has 0 amide bonds. The number of para-hydroxylation sites is 1. The molecule has 0 bridgehead atoms. The minimum Gasteiger partial charge on any atom is -0.481 e. The van der Waals surface area contributed by atoms with E-state index in [9.17, 15) is 31.5 Å². The van der Waals surface area contributed by atoms with Gasteiger partial charge in [-0.2, -0.15) is 13.2 Å². The summed E-state index contributed by atoms with van der Waals surface area (Å²) in [6.45, 7) is 4.95. The topological polar surface area (TPSA) is 153 Å². The lowest BCUT2D eigenvalue weighted by atomic mass is 9.98. The van der Waals surface area contributed by atoms with Crippen LogP contribution in [0.15, 0.2) is 52.2 Å². The first-order chi connectivity index (χ1) is 21.3. The van der Waals surface area contributed by atoms with E-state index in [2.05, 4.69) is 14.9 Å². The molecule has 1 unspecified atom stereocenters. The van der Waals surface area contributed by atoms with Gasteiger partial charge in [-0.05, 0) is 49.9 Å². The Kier molecular flexibility index (Phi) is 11.2. The van der Waals surface area contributed by atoms with E-state index >= 15 is 0 Å². The van der Waals surface area contributed by atoms with Crippen LogP contribution in [0.1, 0.15) is 24.6 Å². The number of aromatic nitrogens is 2. The Morgan fingerprint density at radius 2 is 1.98 bits per heavy atom. The molecule has 1 aliphatic heterocycles. The van der Waals surface area contributed by atoms with E-state index in [0.29, 0.717) is 25.4 Å². The second-order valence-electron chi connectivity index (χ2n) is 9.98. The van der Waals surface area contributed by atoms with Crippen molar-refractivity contribution in [2.45, 2.75) is 36.7 Å². The number of nitrogens with one attached hydrogen (secondary N) is 1. The fraction of sp³-hybridized carbons (Fsp3) is 0.393. The van der Waals surface area contributed by atoms with Gasteiger partial charge in [0.05, 0.1) is 36.0 Å². The quantitative estimate of drug-likeness (QED) is 0.173. The van der Waals surface area contributed by atoms with Crippen LogP contribution in [0.4, 0.5) is 18.9 Å². The van der Waals surface area contributed by atoms with Crippen LogP contribution in [0.25, 0.3) is 21.6 Å². The number of carboxylic acid groups (broad SMARTS) is 2. The third kappa shape index (κ3) is 8.61. The van der Waals surface area contributed by atoms with Gasteiger partial charge >= 0.3 is 18.1 Å². The number of piperidine rings is 1. The molecule has 244 valence electrons. The molecule has 0 spiro atoms. The largest absolute Gasteiger partial charge is 0.490 e. The van der Waals surface area contributed by atoms with Gasteiger partial charge in [-0.3, -0.25) is 14.0 Å². The highest BCUT2D eigenvalue weighted by Gasteiger charge is 2.38. The number of aliphatic carboxylic acids is 2. The maximum atomic E-state index is 13.6. The summed E-state index contributed by atoms with van der Waals surface area (Å²) in [4.78, 5) is 31.6. The molecule has 45 heavy (non-hydrogen) atoms. The summed E-state index contributed by atoms with van der Waals surface area (Å²) >= 11 is 2.75. The monoisotopic (exact) mass is 688 g/mol. The molecule has 3 aromatic heterocycles. The number of benzene rings is 1. The molecule has 17 heteroatoms. The second-order valence-corrected chi connectivity index (χ2v) is 14.1. The van der Waals surface area contributed by atoms with Gasteiger partial charge in [0.25, 0.3) is 10.0 Å². The number of fused-ring (bicyclic) bond motifs is 1. The lowest BCUT2D eigenvalue weighted by Gasteiger charge is -2.29. The van der Waals surface area contributed by atoms with Gasteiger partial charge in [0.15, 0.2) is 0 Å². The minimum atomic E-state index is -5.08. The smallest absolute Gasteiger partial charge is 0.481 e. The summed E-state index contributed by atoms with van der Waals surface area (Å²) in [6, 6.07) is 11.0. The van der Waals surface area contributed by atoms with Crippen LogP contribution in [-0.4, -0.2) is 84.5 Å². The Bertz CT molecular complexity index is 1710. The van der Waals surface area contributed by atoms with Gasteiger partial charge in [-0.25, -0.2) is 18.2 Å². The highest BCUT2D eigenvalue weighted by Crippen LogP contribution is 2.36. The molecule has 1 aliphatic rings. The fourth-order valence-corrected chi connectivity index (χ4v) is 8.26. The number of hydrogen-bond acceptors (Lipinski definition) is 9. The SMILES string of the molecule is CCOCCN(c1cccc2cc(-c3ncc(CN4CCCC(C(=O)O)C4)s3)[nH]c12)S(=O)(=O)c1cccs1.O=C(O)C(F)(F)F. The van der Waals surface area contributed by atoms with Gasteiger partial charge in [0.2, 0.25) is 0 Å². The molecular formula is C28H31F3N4O7S3. The Labute approximate surface area is 264 Å². The number of sulfonamides is 1. The molecule has 1 saturated heterocycles. The van der Waals surface area contributed by atoms with Crippen molar-refractivity contribution in [2.75, 3.05) is 37.2 Å². The zero-order valence-corrected chi connectivity index (χ0v) is 26.4. The summed E-state index contributed by atoms with van der Waals surface area (Å²) in [6.07, 6.45) is -1.64. The van der Waals surface area contributed by atoms with E-state index in [0.717, 1.165) is 45.9 Å². The van der Waals surface area contributed by atoms with Gasteiger partial charge in [-0.15, -0.1) is 22.7 Å². The van der Waals surface area contributed by atoms with Crippen LogP contribution >= 0.6 is 22.7 Å². The number of anilines is 1. The third-order valence-electron chi connectivity index (χ3n) is 6.85. The van der Waals surface area contributed by atoms with Crippen molar-refractivity contribution in [3.05, 3.63) is 52.9 Å². The Balaban J connectivity index is 0.000000591. The summed E-state index contributed by atoms with van der Waals surface area (Å²) in [7, 11) is -3.77. The van der Waals surface area contributed by atoms with Gasteiger partial charge in [0.1, 0.15) is 9.22 Å². The first-order valence-electron chi connectivity index (χ1n) is 13.8. The van der Waals surface area contributed by atoms with Gasteiger partial charge in [-0.1, -0.05) is 18.2 Å². The number of alkyl halides is 3. The molecule has 0 radical (unpaired) electrons. The van der Waals surface area contributed by atoms with E-state index in [4.69, 9.17) is 14.6 Å². The molecule has 1 atom stereocenters. The number of carbonyl (C=O) groups is 2.